The molecule has 0 heterocycles. The van der Waals surface area contributed by atoms with Crippen molar-refractivity contribution in [1.82, 2.24) is 0 Å². The predicted molar refractivity (Wildman–Crippen MR) is 74.0 cm³/mol. The zero-order valence-corrected chi connectivity index (χ0v) is 11.7. The Hall–Kier alpha value is -2.30. The topological polar surface area (TPSA) is 40.1 Å². The number of alkyl halides is 3. The summed E-state index contributed by atoms with van der Waals surface area (Å²) in [4.78, 5) is 10.5. The van der Waals surface area contributed by atoms with Gasteiger partial charge in [-0.25, -0.2) is 0 Å². The summed E-state index contributed by atoms with van der Waals surface area (Å²) in [5, 5.41) is 10.5. The van der Waals surface area contributed by atoms with E-state index in [0.29, 0.717) is 18.4 Å². The van der Waals surface area contributed by atoms with E-state index in [1.165, 1.54) is 6.07 Å². The predicted octanol–water partition coefficient (Wildman–Crippen LogP) is 2.98. The van der Waals surface area contributed by atoms with Crippen LogP contribution in [-0.4, -0.2) is 5.97 Å². The monoisotopic (exact) mass is 307 g/mol. The van der Waals surface area contributed by atoms with Gasteiger partial charge in [0, 0.05) is 5.97 Å². The standard InChI is InChI=1S/C17H15F3O2/c18-17(19,20)15-6-2-5-14(11-15)10-13-4-1-3-12(9-13)7-8-16(21)22/h1-6,9,11H,7-8,10H2,(H,21,22)/p-1. The molecule has 5 heteroatoms. The summed E-state index contributed by atoms with van der Waals surface area (Å²) in [6, 6.07) is 12.4. The number of hydrogen-bond donors (Lipinski definition) is 0. The largest absolute Gasteiger partial charge is 0.550 e. The van der Waals surface area contributed by atoms with Gasteiger partial charge in [0.15, 0.2) is 0 Å². The zero-order valence-electron chi connectivity index (χ0n) is 11.7. The lowest BCUT2D eigenvalue weighted by atomic mass is 9.99. The highest BCUT2D eigenvalue weighted by atomic mass is 19.4. The van der Waals surface area contributed by atoms with Crippen molar-refractivity contribution in [3.05, 3.63) is 70.8 Å². The van der Waals surface area contributed by atoms with Crippen LogP contribution in [0.3, 0.4) is 0 Å². The van der Waals surface area contributed by atoms with Gasteiger partial charge in [0.1, 0.15) is 0 Å². The fourth-order valence-electron chi connectivity index (χ4n) is 2.23. The van der Waals surface area contributed by atoms with Crippen LogP contribution in [0, 0.1) is 0 Å². The fraction of sp³-hybridized carbons (Fsp3) is 0.235. The van der Waals surface area contributed by atoms with Crippen LogP contribution >= 0.6 is 0 Å². The molecule has 0 N–H and O–H groups in total. The first kappa shape index (κ1) is 16.1. The number of aliphatic carboxylic acids is 1. The van der Waals surface area contributed by atoms with Gasteiger partial charge in [-0.3, -0.25) is 0 Å². The highest BCUT2D eigenvalue weighted by molar-refractivity contribution is 5.64. The molecule has 0 amide bonds. The molecule has 2 aromatic carbocycles. The number of carboxylic acids is 1. The van der Waals surface area contributed by atoms with E-state index in [4.69, 9.17) is 0 Å². The lowest BCUT2D eigenvalue weighted by molar-refractivity contribution is -0.305. The molecule has 0 aliphatic rings. The Bertz CT molecular complexity index is 663. The fourth-order valence-corrected chi connectivity index (χ4v) is 2.23. The lowest BCUT2D eigenvalue weighted by Gasteiger charge is -2.10. The van der Waals surface area contributed by atoms with Crippen molar-refractivity contribution in [3.63, 3.8) is 0 Å². The molecule has 0 saturated carbocycles. The van der Waals surface area contributed by atoms with Crippen LogP contribution in [0.1, 0.15) is 28.7 Å². The van der Waals surface area contributed by atoms with Crippen molar-refractivity contribution < 1.29 is 23.1 Å². The summed E-state index contributed by atoms with van der Waals surface area (Å²) < 4.78 is 38.1. The number of hydrogen-bond acceptors (Lipinski definition) is 2. The van der Waals surface area contributed by atoms with E-state index in [-0.39, 0.29) is 6.42 Å². The van der Waals surface area contributed by atoms with E-state index in [0.717, 1.165) is 23.3 Å². The second kappa shape index (κ2) is 6.64. The first-order valence-electron chi connectivity index (χ1n) is 6.78. The highest BCUT2D eigenvalue weighted by Gasteiger charge is 2.30. The zero-order chi connectivity index (χ0) is 16.2. The van der Waals surface area contributed by atoms with Gasteiger partial charge < -0.3 is 9.90 Å². The second-order valence-corrected chi connectivity index (χ2v) is 5.07. The van der Waals surface area contributed by atoms with Crippen molar-refractivity contribution in [2.75, 3.05) is 0 Å². The Kier molecular flexibility index (Phi) is 4.85. The smallest absolute Gasteiger partial charge is 0.416 e. The minimum absolute atomic E-state index is 0.0764. The molecule has 2 rings (SSSR count). The minimum Gasteiger partial charge on any atom is -0.550 e. The Morgan fingerprint density at radius 2 is 1.55 bits per heavy atom. The summed E-state index contributed by atoms with van der Waals surface area (Å²) in [7, 11) is 0. The molecule has 22 heavy (non-hydrogen) atoms. The average molecular weight is 307 g/mol. The molecule has 0 aliphatic heterocycles. The molecular formula is C17H14F3O2-. The highest BCUT2D eigenvalue weighted by Crippen LogP contribution is 2.30. The van der Waals surface area contributed by atoms with Crippen LogP contribution in [0.2, 0.25) is 0 Å². The molecule has 0 aromatic heterocycles. The second-order valence-electron chi connectivity index (χ2n) is 5.07. The van der Waals surface area contributed by atoms with Crippen LogP contribution < -0.4 is 5.11 Å². The number of aryl methyl sites for hydroxylation is 1. The van der Waals surface area contributed by atoms with Crippen molar-refractivity contribution in [3.8, 4) is 0 Å². The van der Waals surface area contributed by atoms with Gasteiger partial charge in [0.05, 0.1) is 5.56 Å². The van der Waals surface area contributed by atoms with E-state index in [2.05, 4.69) is 0 Å². The van der Waals surface area contributed by atoms with Gasteiger partial charge in [-0.2, -0.15) is 13.2 Å². The first-order chi connectivity index (χ1) is 10.3. The number of carbonyl (C=O) groups is 1. The van der Waals surface area contributed by atoms with Crippen LogP contribution in [0.5, 0.6) is 0 Å². The van der Waals surface area contributed by atoms with E-state index in [1.54, 1.807) is 18.2 Å². The first-order valence-corrected chi connectivity index (χ1v) is 6.78. The molecule has 116 valence electrons. The van der Waals surface area contributed by atoms with Crippen LogP contribution in [-0.2, 0) is 23.8 Å². The lowest BCUT2D eigenvalue weighted by Crippen LogP contribution is -2.22. The number of benzene rings is 2. The molecule has 0 bridgehead atoms. The molecule has 0 aliphatic carbocycles. The maximum absolute atomic E-state index is 12.7. The minimum atomic E-state index is -4.35. The third-order valence-corrected chi connectivity index (χ3v) is 3.27. The van der Waals surface area contributed by atoms with Gasteiger partial charge in [-0.1, -0.05) is 42.5 Å². The van der Waals surface area contributed by atoms with Gasteiger partial charge in [0.2, 0.25) is 0 Å². The van der Waals surface area contributed by atoms with E-state index < -0.39 is 17.7 Å². The Morgan fingerprint density at radius 1 is 0.955 bits per heavy atom. The van der Waals surface area contributed by atoms with Crippen molar-refractivity contribution in [2.24, 2.45) is 0 Å². The van der Waals surface area contributed by atoms with Crippen molar-refractivity contribution in [1.29, 1.82) is 0 Å². The summed E-state index contributed by atoms with van der Waals surface area (Å²) in [6.07, 6.45) is -3.72. The number of carboxylic acid groups (broad SMARTS) is 1. The molecule has 2 nitrogen and oxygen atoms in total. The van der Waals surface area contributed by atoms with E-state index in [9.17, 15) is 23.1 Å². The van der Waals surface area contributed by atoms with Crippen LogP contribution in [0.4, 0.5) is 13.2 Å². The van der Waals surface area contributed by atoms with E-state index in [1.807, 2.05) is 12.1 Å². The van der Waals surface area contributed by atoms with Crippen LogP contribution in [0.15, 0.2) is 48.5 Å². The van der Waals surface area contributed by atoms with Gasteiger partial charge >= 0.3 is 6.18 Å². The quantitative estimate of drug-likeness (QED) is 0.852. The molecule has 0 spiro atoms. The van der Waals surface area contributed by atoms with E-state index >= 15 is 0 Å². The third-order valence-electron chi connectivity index (χ3n) is 3.27. The summed E-state index contributed by atoms with van der Waals surface area (Å²) in [5.41, 5.74) is 1.56. The van der Waals surface area contributed by atoms with Gasteiger partial charge in [-0.05, 0) is 42.0 Å². The van der Waals surface area contributed by atoms with Gasteiger partial charge in [-0.15, -0.1) is 0 Å². The van der Waals surface area contributed by atoms with Gasteiger partial charge in [0.25, 0.3) is 0 Å². The van der Waals surface area contributed by atoms with Crippen LogP contribution in [0.25, 0.3) is 0 Å². The summed E-state index contributed by atoms with van der Waals surface area (Å²) in [5.74, 6) is -1.12. The Labute approximate surface area is 126 Å². The molecule has 0 saturated heterocycles. The molecule has 2 aromatic rings. The summed E-state index contributed by atoms with van der Waals surface area (Å²) in [6.45, 7) is 0. The summed E-state index contributed by atoms with van der Waals surface area (Å²) >= 11 is 0. The third kappa shape index (κ3) is 4.62. The molecule has 0 radical (unpaired) electrons. The number of halogens is 3. The maximum Gasteiger partial charge on any atom is 0.416 e. The Balaban J connectivity index is 2.14. The molecule has 0 atom stereocenters. The average Bonchev–Trinajstić information content (AvgIpc) is 2.45. The Morgan fingerprint density at radius 3 is 2.18 bits per heavy atom. The maximum atomic E-state index is 12.7. The number of carbonyl (C=O) groups excluding carboxylic acids is 1. The normalized spacial score (nSPS) is 11.4. The SMILES string of the molecule is O=C([O-])CCc1cccc(Cc2cccc(C(F)(F)F)c2)c1. The molecule has 0 fully saturated rings. The molecule has 0 unspecified atom stereocenters. The van der Waals surface area contributed by atoms with Crippen molar-refractivity contribution in [2.45, 2.75) is 25.4 Å². The molecular weight excluding hydrogens is 293 g/mol. The van der Waals surface area contributed by atoms with Crippen molar-refractivity contribution >= 4 is 5.97 Å². The number of rotatable bonds is 5.